The standard InChI is InChI=1S/C35H29BrN6O6S/c1-16(2)27-33-40-29(32-38-15-26(46-32)19-14-37-23-9-4-3-6-18(19)23)30(48-33)35-20-7-5-8-22(36)28(20)41-34(35)47-25-11-10-17(12-21(25)35)13-24(31(43)39-27)42-49(44)45/h3-12,14-16,24,27,34,37,41-42H,13H2,1-2H3,(H,39,43)(H,44,45)/t24-,27-,34?,35-/m0/s1. The van der Waals surface area contributed by atoms with Crippen LogP contribution in [0.5, 0.6) is 5.75 Å². The quantitative estimate of drug-likeness (QED) is 0.130. The van der Waals surface area contributed by atoms with Crippen LogP contribution in [0.3, 0.4) is 0 Å². The number of carbonyl (C=O) groups is 1. The molecule has 6 heterocycles. The van der Waals surface area contributed by atoms with Crippen LogP contribution in [-0.2, 0) is 27.9 Å². The Labute approximate surface area is 290 Å². The van der Waals surface area contributed by atoms with Crippen molar-refractivity contribution in [3.63, 3.8) is 0 Å². The molecular formula is C35H29BrN6O6S. The largest absolute Gasteiger partial charge is 0.469 e. The fraction of sp³-hybridized carbons (Fsp3) is 0.229. The summed E-state index contributed by atoms with van der Waals surface area (Å²) in [6, 6.07) is 17.9. The number of para-hydroxylation sites is 2. The maximum atomic E-state index is 13.8. The number of H-pyrrole nitrogens is 1. The second kappa shape index (κ2) is 11.1. The minimum absolute atomic E-state index is 0.142. The number of halogens is 1. The summed E-state index contributed by atoms with van der Waals surface area (Å²) in [5.74, 6) is 1.46. The molecule has 0 saturated carbocycles. The smallest absolute Gasteiger partial charge is 0.249 e. The third-order valence-corrected chi connectivity index (χ3v) is 10.8. The van der Waals surface area contributed by atoms with Crippen LogP contribution in [0.2, 0.25) is 0 Å². The predicted octanol–water partition coefficient (Wildman–Crippen LogP) is 6.18. The number of amides is 1. The van der Waals surface area contributed by atoms with Crippen molar-refractivity contribution in [3.05, 3.63) is 106 Å². The molecular weight excluding hydrogens is 712 g/mol. The molecule has 3 aromatic heterocycles. The molecule has 1 spiro atoms. The van der Waals surface area contributed by atoms with E-state index in [0.29, 0.717) is 23.0 Å². The van der Waals surface area contributed by atoms with Gasteiger partial charge in [0.25, 0.3) is 0 Å². The predicted molar refractivity (Wildman–Crippen MR) is 185 cm³/mol. The third kappa shape index (κ3) is 4.54. The van der Waals surface area contributed by atoms with Crippen molar-refractivity contribution in [1.29, 1.82) is 0 Å². The molecule has 9 rings (SSSR count). The van der Waals surface area contributed by atoms with E-state index < -0.39 is 40.9 Å². The van der Waals surface area contributed by atoms with Gasteiger partial charge in [0.15, 0.2) is 23.4 Å². The average Bonchev–Trinajstić information content (AvgIpc) is 3.89. The minimum Gasteiger partial charge on any atom is -0.469 e. The molecule has 0 radical (unpaired) electrons. The summed E-state index contributed by atoms with van der Waals surface area (Å²) in [5.41, 5.74) is 4.40. The van der Waals surface area contributed by atoms with Gasteiger partial charge in [0.05, 0.1) is 11.9 Å². The van der Waals surface area contributed by atoms with Gasteiger partial charge in [0.2, 0.25) is 29.0 Å². The molecule has 0 aliphatic carbocycles. The van der Waals surface area contributed by atoms with E-state index in [1.807, 2.05) is 80.7 Å². The summed E-state index contributed by atoms with van der Waals surface area (Å²) >= 11 is 1.28. The first kappa shape index (κ1) is 30.3. The Bertz CT molecular complexity index is 2330. The molecule has 3 aromatic carbocycles. The van der Waals surface area contributed by atoms with Crippen LogP contribution in [0.4, 0.5) is 5.69 Å². The van der Waals surface area contributed by atoms with E-state index in [4.69, 9.17) is 23.5 Å². The van der Waals surface area contributed by atoms with Gasteiger partial charge in [-0.2, -0.15) is 0 Å². The molecule has 0 saturated heterocycles. The number of oxazole rings is 2. The number of aromatic amines is 1. The maximum absolute atomic E-state index is 13.8. The van der Waals surface area contributed by atoms with E-state index in [-0.39, 0.29) is 24.1 Å². The van der Waals surface area contributed by atoms with Gasteiger partial charge in [-0.15, -0.1) is 0 Å². The lowest BCUT2D eigenvalue weighted by atomic mass is 9.72. The number of ether oxygens (including phenoxy) is 1. The number of nitrogens with one attached hydrogen (secondary N) is 4. The Morgan fingerprint density at radius 3 is 2.78 bits per heavy atom. The van der Waals surface area contributed by atoms with Crippen LogP contribution in [0.25, 0.3) is 33.8 Å². The van der Waals surface area contributed by atoms with Gasteiger partial charge in [-0.1, -0.05) is 56.3 Å². The summed E-state index contributed by atoms with van der Waals surface area (Å²) in [5, 5.41) is 7.60. The van der Waals surface area contributed by atoms with Crippen molar-refractivity contribution in [1.82, 2.24) is 25.0 Å². The third-order valence-electron chi connectivity index (χ3n) is 9.62. The number of rotatable bonds is 5. The summed E-state index contributed by atoms with van der Waals surface area (Å²) in [4.78, 5) is 26.8. The molecule has 3 aliphatic heterocycles. The number of nitrogens with zero attached hydrogens (tertiary/aromatic N) is 2. The summed E-state index contributed by atoms with van der Waals surface area (Å²) < 4.78 is 45.2. The first-order valence-electron chi connectivity index (χ1n) is 15.8. The monoisotopic (exact) mass is 740 g/mol. The van der Waals surface area contributed by atoms with E-state index in [1.54, 1.807) is 6.20 Å². The van der Waals surface area contributed by atoms with Crippen molar-refractivity contribution in [2.75, 3.05) is 5.32 Å². The highest BCUT2D eigenvalue weighted by molar-refractivity contribution is 9.10. The SMILES string of the molecule is CC(C)[C@@H]1NC(=O)[C@@H](NS(=O)O)Cc2ccc3c(c2)[C@@]2(c4cccc(Br)c4NC2O3)c2oc1nc2-c1ncc(-c2c[nH]c3ccccc23)o1. The fourth-order valence-electron chi connectivity index (χ4n) is 7.37. The van der Waals surface area contributed by atoms with E-state index in [0.717, 1.165) is 43.3 Å². The number of carbonyl (C=O) groups excluding carboxylic acids is 1. The first-order chi connectivity index (χ1) is 23.7. The Morgan fingerprint density at radius 2 is 1.94 bits per heavy atom. The lowest BCUT2D eigenvalue weighted by Crippen LogP contribution is -2.48. The Kier molecular flexibility index (Phi) is 6.89. The lowest BCUT2D eigenvalue weighted by molar-refractivity contribution is -0.124. The van der Waals surface area contributed by atoms with Crippen LogP contribution in [0, 0.1) is 5.92 Å². The lowest BCUT2D eigenvalue weighted by Gasteiger charge is -2.28. The molecule has 3 aliphatic rings. The molecule has 14 heteroatoms. The van der Waals surface area contributed by atoms with Crippen molar-refractivity contribution >= 4 is 49.7 Å². The minimum atomic E-state index is -2.44. The highest BCUT2D eigenvalue weighted by Crippen LogP contribution is 2.60. The molecule has 248 valence electrons. The average molecular weight is 742 g/mol. The van der Waals surface area contributed by atoms with E-state index in [2.05, 4.69) is 36.3 Å². The maximum Gasteiger partial charge on any atom is 0.249 e. The number of hydrogen-bond donors (Lipinski definition) is 5. The van der Waals surface area contributed by atoms with Crippen molar-refractivity contribution < 1.29 is 27.1 Å². The van der Waals surface area contributed by atoms with Crippen LogP contribution in [-0.4, -0.2) is 41.9 Å². The summed E-state index contributed by atoms with van der Waals surface area (Å²) in [6.07, 6.45) is 3.07. The van der Waals surface area contributed by atoms with Crippen molar-refractivity contribution in [3.8, 4) is 28.7 Å². The van der Waals surface area contributed by atoms with E-state index in [9.17, 15) is 13.6 Å². The molecule has 6 aromatic rings. The van der Waals surface area contributed by atoms with Gasteiger partial charge in [0.1, 0.15) is 23.2 Å². The Morgan fingerprint density at radius 1 is 1.08 bits per heavy atom. The van der Waals surface area contributed by atoms with E-state index in [1.165, 1.54) is 0 Å². The van der Waals surface area contributed by atoms with Gasteiger partial charge in [-0.25, -0.2) is 18.9 Å². The fourth-order valence-corrected chi connectivity index (χ4v) is 8.28. The number of benzene rings is 3. The number of fused-ring (bicyclic) bond motifs is 5. The van der Waals surface area contributed by atoms with Crippen LogP contribution in [0.1, 0.15) is 48.2 Å². The molecule has 5 atom stereocenters. The zero-order valence-electron chi connectivity index (χ0n) is 26.1. The molecule has 0 fully saturated rings. The molecule has 2 unspecified atom stereocenters. The summed E-state index contributed by atoms with van der Waals surface area (Å²) in [6.45, 7) is 3.88. The van der Waals surface area contributed by atoms with Crippen LogP contribution in [0.15, 0.2) is 86.4 Å². The molecule has 1 amide bonds. The highest BCUT2D eigenvalue weighted by Gasteiger charge is 2.61. The zero-order chi connectivity index (χ0) is 33.6. The first-order valence-corrected chi connectivity index (χ1v) is 17.7. The molecule has 5 N–H and O–H groups in total. The summed E-state index contributed by atoms with van der Waals surface area (Å²) in [7, 11) is 0. The van der Waals surface area contributed by atoms with Gasteiger partial charge >= 0.3 is 0 Å². The highest BCUT2D eigenvalue weighted by atomic mass is 79.9. The van der Waals surface area contributed by atoms with Gasteiger partial charge in [0, 0.05) is 38.3 Å². The van der Waals surface area contributed by atoms with Crippen LogP contribution >= 0.6 is 15.9 Å². The Hall–Kier alpha value is -4.76. The molecule has 12 nitrogen and oxygen atoms in total. The topological polar surface area (TPSA) is 168 Å². The van der Waals surface area contributed by atoms with Gasteiger partial charge in [-0.3, -0.25) is 9.35 Å². The number of hydrogen-bond acceptors (Lipinski definition) is 8. The van der Waals surface area contributed by atoms with Gasteiger partial charge in [-0.05, 0) is 52.0 Å². The zero-order valence-corrected chi connectivity index (χ0v) is 28.5. The molecule has 49 heavy (non-hydrogen) atoms. The number of anilines is 1. The number of aromatic nitrogens is 3. The van der Waals surface area contributed by atoms with Crippen molar-refractivity contribution in [2.45, 2.75) is 44.0 Å². The van der Waals surface area contributed by atoms with E-state index >= 15 is 0 Å². The van der Waals surface area contributed by atoms with Crippen LogP contribution < -0.4 is 20.1 Å². The van der Waals surface area contributed by atoms with Gasteiger partial charge < -0.3 is 29.2 Å². The van der Waals surface area contributed by atoms with Crippen molar-refractivity contribution in [2.24, 2.45) is 5.92 Å². The second-order valence-corrected chi connectivity index (χ2v) is 14.4. The Balaban J connectivity index is 1.32. The molecule has 4 bridgehead atoms. The second-order valence-electron chi connectivity index (χ2n) is 12.8. The normalized spacial score (nSPS) is 22.9.